The van der Waals surface area contributed by atoms with E-state index in [9.17, 15) is 81.7 Å². The fraction of sp³-hybridized carbons (Fsp3) is 0.949. The molecular formula is C59H96O27. The van der Waals surface area contributed by atoms with E-state index >= 15 is 4.79 Å². The van der Waals surface area contributed by atoms with Crippen LogP contribution in [0.4, 0.5) is 0 Å². The van der Waals surface area contributed by atoms with Gasteiger partial charge in [-0.15, -0.1) is 0 Å². The quantitative estimate of drug-likeness (QED) is 0.0426. The lowest BCUT2D eigenvalue weighted by Gasteiger charge is -2.73. The van der Waals surface area contributed by atoms with Crippen LogP contribution in [0.3, 0.4) is 0 Å². The predicted octanol–water partition coefficient (Wildman–Crippen LogP) is -3.72. The summed E-state index contributed by atoms with van der Waals surface area (Å²) in [5.74, 6) is -0.833. The van der Waals surface area contributed by atoms with E-state index in [2.05, 4.69) is 27.4 Å². The van der Waals surface area contributed by atoms with Crippen molar-refractivity contribution in [3.63, 3.8) is 0 Å². The van der Waals surface area contributed by atoms with Crippen molar-refractivity contribution in [2.75, 3.05) is 33.0 Å². The minimum absolute atomic E-state index is 0.0113. The van der Waals surface area contributed by atoms with E-state index in [1.165, 1.54) is 6.92 Å². The molecule has 5 saturated carbocycles. The lowest BCUT2D eigenvalue weighted by atomic mass is 9.32. The summed E-state index contributed by atoms with van der Waals surface area (Å²) in [6.07, 6.45) is -33.4. The van der Waals surface area contributed by atoms with E-state index in [1.807, 2.05) is 13.8 Å². The molecule has 0 bridgehead atoms. The highest BCUT2D eigenvalue weighted by molar-refractivity contribution is 5.78. The van der Waals surface area contributed by atoms with Crippen molar-refractivity contribution in [3.8, 4) is 0 Å². The van der Waals surface area contributed by atoms with E-state index in [1.54, 1.807) is 0 Å². The maximum Gasteiger partial charge on any atom is 0.314 e. The molecule has 5 saturated heterocycles. The van der Waals surface area contributed by atoms with Crippen molar-refractivity contribution in [2.45, 2.75) is 259 Å². The first-order chi connectivity index (χ1) is 40.5. The lowest BCUT2D eigenvalue weighted by Crippen LogP contribution is -2.68. The number of rotatable bonds is 15. The first-order valence-electron chi connectivity index (χ1n) is 30.8. The van der Waals surface area contributed by atoms with Gasteiger partial charge in [0.1, 0.15) is 110 Å². The molecule has 494 valence electrons. The third-order valence-electron chi connectivity index (χ3n) is 23.7. The molecule has 0 amide bonds. The average Bonchev–Trinajstić information content (AvgIpc) is 1.03. The molecule has 0 radical (unpaired) electrons. The van der Waals surface area contributed by atoms with Gasteiger partial charge in [0.15, 0.2) is 25.2 Å². The zero-order valence-electron chi connectivity index (χ0n) is 49.8. The van der Waals surface area contributed by atoms with E-state index in [0.29, 0.717) is 44.9 Å². The summed E-state index contributed by atoms with van der Waals surface area (Å²) >= 11 is 0. The summed E-state index contributed by atoms with van der Waals surface area (Å²) < 4.78 is 59.5. The number of aliphatic hydroxyl groups is 16. The van der Waals surface area contributed by atoms with Crippen LogP contribution in [0.25, 0.3) is 0 Å². The van der Waals surface area contributed by atoms with Gasteiger partial charge in [-0.3, -0.25) is 4.79 Å². The van der Waals surface area contributed by atoms with E-state index in [0.717, 1.165) is 24.8 Å². The molecule has 27 nitrogen and oxygen atoms in total. The Morgan fingerprint density at radius 2 is 1.12 bits per heavy atom. The number of fused-ring (bicyclic) bond motifs is 7. The monoisotopic (exact) mass is 1240 g/mol. The van der Waals surface area contributed by atoms with Gasteiger partial charge in [-0.05, 0) is 124 Å². The molecular weight excluding hydrogens is 1140 g/mol. The van der Waals surface area contributed by atoms with E-state index in [4.69, 9.17) is 47.4 Å². The third-order valence-corrected chi connectivity index (χ3v) is 23.7. The maximum atomic E-state index is 15.2. The molecule has 0 aromatic heterocycles. The van der Waals surface area contributed by atoms with Crippen molar-refractivity contribution >= 4 is 5.97 Å². The Bertz CT molecular complexity index is 2360. The number of carbonyl (C=O) groups excluding carboxylic acids is 1. The highest BCUT2D eigenvalue weighted by atomic mass is 16.8. The van der Waals surface area contributed by atoms with Crippen molar-refractivity contribution in [1.29, 1.82) is 0 Å². The highest BCUT2D eigenvalue weighted by Gasteiger charge is 2.73. The molecule has 0 unspecified atom stereocenters. The minimum atomic E-state index is -1.87. The van der Waals surface area contributed by atoms with Crippen LogP contribution in [0, 0.1) is 56.7 Å². The van der Waals surface area contributed by atoms with Gasteiger partial charge in [0.05, 0.1) is 50.7 Å². The summed E-state index contributed by atoms with van der Waals surface area (Å²) in [5, 5.41) is 172. The standard InChI is InChI=1S/C59H96O27/c1-23(2)25-10-15-59(54(76)86-51-45(74)42(71)39(68)30(82-51)21-78-49-43(72)40(69)37(66)28(18-60)80-49)17-16-57(6)26(34(25)59)8-9-32-55(4)13-12-33(56(5,22-62)31(55)11-14-58(32,57)7)83-53-48(36(65)27(63)20-77-53)85-52-46(75)47(35(64)24(3)79-52)84-50-44(73)41(70)38(67)29(19-61)81-50/h24-53,60-75H,1,8-22H2,2-7H3/t24-,25-,26+,27-,28+,29+,30+,31+,32+,33-,34+,35-,36-,37+,38+,39+,40-,41-,42-,43+,44+,45+,46+,47+,48+,49+,50-,51-,52-,53-,55-,56-,57+,58+,59-/m0/s1. The van der Waals surface area contributed by atoms with Gasteiger partial charge < -0.3 is 129 Å². The van der Waals surface area contributed by atoms with Crippen LogP contribution in [-0.2, 0) is 52.2 Å². The van der Waals surface area contributed by atoms with Crippen molar-refractivity contribution < 1.29 is 134 Å². The van der Waals surface area contributed by atoms with Crippen LogP contribution in [0.1, 0.15) is 106 Å². The number of aliphatic hydroxyl groups excluding tert-OH is 16. The zero-order valence-corrected chi connectivity index (χ0v) is 49.8. The van der Waals surface area contributed by atoms with Gasteiger partial charge in [0.2, 0.25) is 6.29 Å². The number of carbonyl (C=O) groups is 1. The SMILES string of the molecule is C=C(C)[C@@H]1CC[C@]2(C(=O)O[C@@H]3O[C@H](CO[C@@H]4O[C@H](CO)[C@@H](O)[C@H](O)[C@H]4O)[C@@H](O)[C@H](O)[C@H]3O)CC[C@]3(C)[C@H](CC[C@@H]4[C@@]5(C)CC[C@H](O[C@@H]6OC[C@H](O)[C@H](O)[C@H]6O[C@@H]6O[C@@H](C)[C@H](O)[C@@H](O[C@@H]7O[C@H](CO)[C@@H](O)[C@H](O)[C@H]7O)[C@H]6O)[C@@](C)(CO)[C@@H]5CC[C@]43C)[C@@H]12. The Morgan fingerprint density at radius 3 is 1.74 bits per heavy atom. The lowest BCUT2D eigenvalue weighted by molar-refractivity contribution is -0.383. The predicted molar refractivity (Wildman–Crippen MR) is 289 cm³/mol. The second kappa shape index (κ2) is 25.3. The number of hydrogen-bond acceptors (Lipinski definition) is 27. The number of hydrogen-bond donors (Lipinski definition) is 16. The fourth-order valence-electron chi connectivity index (χ4n) is 18.4. The Balaban J connectivity index is 0.836. The van der Waals surface area contributed by atoms with Crippen LogP contribution in [0.5, 0.6) is 0 Å². The van der Waals surface area contributed by atoms with Crippen LogP contribution in [0.2, 0.25) is 0 Å². The molecule has 10 fully saturated rings. The zero-order chi connectivity index (χ0) is 62.7. The molecule has 5 heterocycles. The molecule has 16 N–H and O–H groups in total. The van der Waals surface area contributed by atoms with E-state index < -0.39 is 190 Å². The van der Waals surface area contributed by atoms with Crippen LogP contribution in [-0.4, -0.2) is 274 Å². The normalized spacial score (nSPS) is 55.7. The van der Waals surface area contributed by atoms with Crippen LogP contribution >= 0.6 is 0 Å². The summed E-state index contributed by atoms with van der Waals surface area (Å²) in [7, 11) is 0. The van der Waals surface area contributed by atoms with Gasteiger partial charge >= 0.3 is 5.97 Å². The number of esters is 1. The number of ether oxygens (including phenoxy) is 10. The molecule has 5 aliphatic heterocycles. The summed E-state index contributed by atoms with van der Waals surface area (Å²) in [6, 6.07) is 0. The first-order valence-corrected chi connectivity index (χ1v) is 30.8. The highest BCUT2D eigenvalue weighted by Crippen LogP contribution is 2.78. The van der Waals surface area contributed by atoms with E-state index in [-0.39, 0.29) is 59.0 Å². The minimum Gasteiger partial charge on any atom is -0.432 e. The van der Waals surface area contributed by atoms with Gasteiger partial charge in [0, 0.05) is 5.41 Å². The summed E-state index contributed by atoms with van der Waals surface area (Å²) in [5.41, 5.74) is -1.93. The second-order valence-corrected chi connectivity index (χ2v) is 28.0. The summed E-state index contributed by atoms with van der Waals surface area (Å²) in [4.78, 5) is 15.2. The molecule has 0 aromatic carbocycles. The topological polar surface area (TPSA) is 433 Å². The summed E-state index contributed by atoms with van der Waals surface area (Å²) in [6.45, 7) is 14.2. The Kier molecular flexibility index (Phi) is 19.7. The van der Waals surface area contributed by atoms with Crippen molar-refractivity contribution in [2.24, 2.45) is 56.7 Å². The molecule has 10 aliphatic rings. The molecule has 35 atom stereocenters. The van der Waals surface area contributed by atoms with Crippen molar-refractivity contribution in [1.82, 2.24) is 0 Å². The maximum absolute atomic E-state index is 15.2. The third kappa shape index (κ3) is 11.0. The molecule has 86 heavy (non-hydrogen) atoms. The smallest absolute Gasteiger partial charge is 0.314 e. The number of allylic oxidation sites excluding steroid dienone is 1. The van der Waals surface area contributed by atoms with Gasteiger partial charge in [-0.25, -0.2) is 0 Å². The van der Waals surface area contributed by atoms with Gasteiger partial charge in [-0.1, -0.05) is 39.8 Å². The first kappa shape index (κ1) is 67.1. The fourth-order valence-corrected chi connectivity index (χ4v) is 18.4. The Labute approximate surface area is 499 Å². The van der Waals surface area contributed by atoms with Gasteiger partial charge in [0.25, 0.3) is 0 Å². The molecule has 27 heteroatoms. The van der Waals surface area contributed by atoms with Crippen LogP contribution in [0.15, 0.2) is 12.2 Å². The molecule has 0 spiro atoms. The Morgan fingerprint density at radius 1 is 0.535 bits per heavy atom. The van der Waals surface area contributed by atoms with Gasteiger partial charge in [-0.2, -0.15) is 0 Å². The van der Waals surface area contributed by atoms with Crippen molar-refractivity contribution in [3.05, 3.63) is 12.2 Å². The Hall–Kier alpha value is -1.79. The largest absolute Gasteiger partial charge is 0.432 e. The molecule has 0 aromatic rings. The van der Waals surface area contributed by atoms with Crippen LogP contribution < -0.4 is 0 Å². The average molecular weight is 1240 g/mol. The second-order valence-electron chi connectivity index (χ2n) is 28.0. The molecule has 5 aliphatic carbocycles. The molecule has 10 rings (SSSR count).